The standard InChI is InChI=1S/C12H24N4O2S2/c1-6-13-7-10-9(2)15-16-11(10)20(17,18)14-8-12(3,4)19-5/h13-14H,6-8H2,1-5H3,(H,15,16). The first-order chi connectivity index (χ1) is 9.23. The molecule has 8 heteroatoms. The van der Waals surface area contributed by atoms with Crippen molar-refractivity contribution >= 4 is 21.8 Å². The van der Waals surface area contributed by atoms with E-state index >= 15 is 0 Å². The molecule has 1 rings (SSSR count). The fourth-order valence-electron chi connectivity index (χ4n) is 1.52. The number of hydrogen-bond acceptors (Lipinski definition) is 5. The highest BCUT2D eigenvalue weighted by molar-refractivity contribution is 8.00. The van der Waals surface area contributed by atoms with Gasteiger partial charge >= 0.3 is 0 Å². The van der Waals surface area contributed by atoms with Crippen molar-refractivity contribution in [1.82, 2.24) is 20.2 Å². The lowest BCUT2D eigenvalue weighted by molar-refractivity contribution is 0.564. The highest BCUT2D eigenvalue weighted by Crippen LogP contribution is 2.21. The number of sulfonamides is 1. The van der Waals surface area contributed by atoms with Crippen LogP contribution in [0.5, 0.6) is 0 Å². The maximum absolute atomic E-state index is 12.4. The van der Waals surface area contributed by atoms with Crippen LogP contribution in [0.4, 0.5) is 0 Å². The van der Waals surface area contributed by atoms with Crippen LogP contribution in [-0.4, -0.2) is 42.7 Å². The van der Waals surface area contributed by atoms with Crippen molar-refractivity contribution in [3.8, 4) is 0 Å². The summed E-state index contributed by atoms with van der Waals surface area (Å²) in [5.41, 5.74) is 1.47. The molecule has 0 saturated carbocycles. The predicted octanol–water partition coefficient (Wildman–Crippen LogP) is 1.25. The second-order valence-corrected chi connectivity index (χ2v) is 8.40. The third-order valence-corrected chi connectivity index (χ3v) is 5.70. The van der Waals surface area contributed by atoms with Gasteiger partial charge < -0.3 is 5.32 Å². The van der Waals surface area contributed by atoms with Crippen molar-refractivity contribution in [2.24, 2.45) is 0 Å². The first-order valence-corrected chi connectivity index (χ1v) is 9.23. The van der Waals surface area contributed by atoms with Crippen molar-refractivity contribution in [2.75, 3.05) is 19.3 Å². The topological polar surface area (TPSA) is 86.9 Å². The molecule has 0 aromatic carbocycles. The summed E-state index contributed by atoms with van der Waals surface area (Å²) in [7, 11) is -3.59. The van der Waals surface area contributed by atoms with Gasteiger partial charge in [-0.2, -0.15) is 16.9 Å². The number of thioether (sulfide) groups is 1. The van der Waals surface area contributed by atoms with Gasteiger partial charge in [0.25, 0.3) is 10.0 Å². The summed E-state index contributed by atoms with van der Waals surface area (Å²) in [5, 5.41) is 9.92. The molecule has 0 fully saturated rings. The van der Waals surface area contributed by atoms with Crippen LogP contribution in [-0.2, 0) is 16.6 Å². The van der Waals surface area contributed by atoms with Crippen LogP contribution in [0.25, 0.3) is 0 Å². The summed E-state index contributed by atoms with van der Waals surface area (Å²) in [4.78, 5) is 0. The molecule has 0 saturated heterocycles. The molecular weight excluding hydrogens is 296 g/mol. The van der Waals surface area contributed by atoms with E-state index in [2.05, 4.69) is 20.2 Å². The molecule has 0 unspecified atom stereocenters. The fourth-order valence-corrected chi connectivity index (χ4v) is 3.23. The van der Waals surface area contributed by atoms with Gasteiger partial charge in [-0.25, -0.2) is 13.1 Å². The Morgan fingerprint density at radius 2 is 2.05 bits per heavy atom. The fraction of sp³-hybridized carbons (Fsp3) is 0.750. The lowest BCUT2D eigenvalue weighted by atomic mass is 10.2. The minimum atomic E-state index is -3.59. The van der Waals surface area contributed by atoms with Crippen LogP contribution in [0, 0.1) is 6.92 Å². The number of aromatic nitrogens is 2. The number of H-pyrrole nitrogens is 1. The quantitative estimate of drug-likeness (QED) is 0.671. The number of nitrogens with one attached hydrogen (secondary N) is 3. The minimum Gasteiger partial charge on any atom is -0.313 e. The van der Waals surface area contributed by atoms with Crippen molar-refractivity contribution in [3.63, 3.8) is 0 Å². The molecule has 0 aliphatic rings. The molecule has 0 atom stereocenters. The Bertz CT molecular complexity index is 538. The Hall–Kier alpha value is -0.570. The first kappa shape index (κ1) is 17.5. The van der Waals surface area contributed by atoms with Gasteiger partial charge in [0.15, 0.2) is 5.03 Å². The highest BCUT2D eigenvalue weighted by atomic mass is 32.2. The minimum absolute atomic E-state index is 0.0906. The number of aromatic amines is 1. The zero-order valence-electron chi connectivity index (χ0n) is 12.7. The van der Waals surface area contributed by atoms with Gasteiger partial charge in [0.1, 0.15) is 0 Å². The number of rotatable bonds is 8. The summed E-state index contributed by atoms with van der Waals surface area (Å²) >= 11 is 1.62. The van der Waals surface area contributed by atoms with Gasteiger partial charge in [-0.1, -0.05) is 6.92 Å². The van der Waals surface area contributed by atoms with Crippen LogP contribution >= 0.6 is 11.8 Å². The van der Waals surface area contributed by atoms with E-state index in [-0.39, 0.29) is 9.77 Å². The van der Waals surface area contributed by atoms with E-state index in [1.54, 1.807) is 11.8 Å². The summed E-state index contributed by atoms with van der Waals surface area (Å²) in [5.74, 6) is 0. The van der Waals surface area contributed by atoms with Crippen LogP contribution in [0.3, 0.4) is 0 Å². The first-order valence-electron chi connectivity index (χ1n) is 6.53. The molecule has 0 aliphatic carbocycles. The molecular formula is C12H24N4O2S2. The van der Waals surface area contributed by atoms with E-state index in [4.69, 9.17) is 0 Å². The lowest BCUT2D eigenvalue weighted by Gasteiger charge is -2.21. The number of aryl methyl sites for hydroxylation is 1. The highest BCUT2D eigenvalue weighted by Gasteiger charge is 2.26. The lowest BCUT2D eigenvalue weighted by Crippen LogP contribution is -2.36. The Morgan fingerprint density at radius 1 is 1.40 bits per heavy atom. The zero-order chi connectivity index (χ0) is 15.4. The molecule has 3 N–H and O–H groups in total. The van der Waals surface area contributed by atoms with Crippen LogP contribution < -0.4 is 10.0 Å². The SMILES string of the molecule is CCNCc1c(S(=O)(=O)NCC(C)(C)SC)n[nH]c1C. The van der Waals surface area contributed by atoms with Gasteiger partial charge in [-0.15, -0.1) is 0 Å². The van der Waals surface area contributed by atoms with Gasteiger partial charge in [-0.05, 0) is 33.6 Å². The Balaban J connectivity index is 2.93. The maximum Gasteiger partial charge on any atom is 0.260 e. The molecule has 0 bridgehead atoms. The van der Waals surface area contributed by atoms with Crippen molar-refractivity contribution in [2.45, 2.75) is 44.0 Å². The van der Waals surface area contributed by atoms with Crippen molar-refractivity contribution in [1.29, 1.82) is 0 Å². The number of hydrogen-bond donors (Lipinski definition) is 3. The van der Waals surface area contributed by atoms with Crippen LogP contribution in [0.2, 0.25) is 0 Å². The summed E-state index contributed by atoms with van der Waals surface area (Å²) < 4.78 is 27.2. The molecule has 1 aromatic heterocycles. The Kier molecular flexibility index (Phi) is 6.06. The van der Waals surface area contributed by atoms with Crippen molar-refractivity contribution < 1.29 is 8.42 Å². The smallest absolute Gasteiger partial charge is 0.260 e. The van der Waals surface area contributed by atoms with E-state index < -0.39 is 10.0 Å². The van der Waals surface area contributed by atoms with E-state index in [1.165, 1.54) is 0 Å². The van der Waals surface area contributed by atoms with Gasteiger partial charge in [0, 0.05) is 29.1 Å². The summed E-state index contributed by atoms with van der Waals surface area (Å²) in [6.45, 7) is 9.42. The normalized spacial score (nSPS) is 12.8. The Labute approximate surface area is 125 Å². The molecule has 0 spiro atoms. The second kappa shape index (κ2) is 6.93. The average Bonchev–Trinajstić information content (AvgIpc) is 2.76. The van der Waals surface area contributed by atoms with Gasteiger partial charge in [-0.3, -0.25) is 5.10 Å². The van der Waals surface area contributed by atoms with E-state index in [0.29, 0.717) is 18.7 Å². The molecule has 116 valence electrons. The molecule has 0 radical (unpaired) electrons. The van der Waals surface area contributed by atoms with Crippen LogP contribution in [0.15, 0.2) is 5.03 Å². The van der Waals surface area contributed by atoms with E-state index in [9.17, 15) is 8.42 Å². The molecule has 20 heavy (non-hydrogen) atoms. The molecule has 0 amide bonds. The maximum atomic E-state index is 12.4. The zero-order valence-corrected chi connectivity index (χ0v) is 14.3. The van der Waals surface area contributed by atoms with Crippen LogP contribution in [0.1, 0.15) is 32.0 Å². The molecule has 1 heterocycles. The monoisotopic (exact) mass is 320 g/mol. The molecule has 1 aromatic rings. The number of nitrogens with zero attached hydrogens (tertiary/aromatic N) is 1. The van der Waals surface area contributed by atoms with Gasteiger partial charge in [0.2, 0.25) is 0 Å². The van der Waals surface area contributed by atoms with E-state index in [0.717, 1.165) is 12.2 Å². The summed E-state index contributed by atoms with van der Waals surface area (Å²) in [6, 6.07) is 0. The predicted molar refractivity (Wildman–Crippen MR) is 83.5 cm³/mol. The largest absolute Gasteiger partial charge is 0.313 e. The van der Waals surface area contributed by atoms with Crippen molar-refractivity contribution in [3.05, 3.63) is 11.3 Å². The van der Waals surface area contributed by atoms with Gasteiger partial charge in [0.05, 0.1) is 0 Å². The molecule has 0 aliphatic heterocycles. The average molecular weight is 320 g/mol. The summed E-state index contributed by atoms with van der Waals surface area (Å²) in [6.07, 6.45) is 1.96. The molecule has 6 nitrogen and oxygen atoms in total. The second-order valence-electron chi connectivity index (χ2n) is 5.20. The van der Waals surface area contributed by atoms with E-state index in [1.807, 2.05) is 34.0 Å². The Morgan fingerprint density at radius 3 is 2.60 bits per heavy atom. The third-order valence-electron chi connectivity index (χ3n) is 3.08. The third kappa shape index (κ3) is 4.47.